The average Bonchev–Trinajstić information content (AvgIpc) is 3.30. The Morgan fingerprint density at radius 3 is 2.60 bits per heavy atom. The van der Waals surface area contributed by atoms with Gasteiger partial charge < -0.3 is 29.5 Å². The van der Waals surface area contributed by atoms with E-state index in [0.29, 0.717) is 22.9 Å². The van der Waals surface area contributed by atoms with Crippen LogP contribution in [0.5, 0.6) is 0 Å². The van der Waals surface area contributed by atoms with E-state index in [1.54, 1.807) is 30.1 Å². The van der Waals surface area contributed by atoms with E-state index >= 15 is 0 Å². The molecule has 10 heteroatoms. The van der Waals surface area contributed by atoms with Gasteiger partial charge in [0.15, 0.2) is 0 Å². The summed E-state index contributed by atoms with van der Waals surface area (Å²) in [6, 6.07) is 20.2. The first kappa shape index (κ1) is 30.9. The first-order valence-corrected chi connectivity index (χ1v) is 15.0. The van der Waals surface area contributed by atoms with Crippen molar-refractivity contribution in [1.29, 1.82) is 0 Å². The Kier molecular flexibility index (Phi) is 9.32. The number of aliphatic hydroxyl groups excluding tert-OH is 1. The molecule has 0 unspecified atom stereocenters. The molecule has 43 heavy (non-hydrogen) atoms. The second-order valence-corrected chi connectivity index (χ2v) is 12.0. The number of carbonyl (C=O) groups excluding carboxylic acids is 2. The molecule has 4 aromatic rings. The number of halogens is 2. The number of nitrogens with zero attached hydrogens (tertiary/aromatic N) is 3. The third kappa shape index (κ3) is 6.10. The van der Waals surface area contributed by atoms with Crippen LogP contribution in [0.1, 0.15) is 29.9 Å². The minimum absolute atomic E-state index is 0.167. The van der Waals surface area contributed by atoms with Gasteiger partial charge in [-0.3, -0.25) is 4.79 Å². The lowest BCUT2D eigenvalue weighted by atomic mass is 9.96. The van der Waals surface area contributed by atoms with Crippen LogP contribution in [0.25, 0.3) is 22.0 Å². The largest absolute Gasteiger partial charge is 0.394 e. The van der Waals surface area contributed by atoms with Crippen LogP contribution in [0.15, 0.2) is 66.7 Å². The van der Waals surface area contributed by atoms with Crippen molar-refractivity contribution in [3.8, 4) is 11.1 Å². The van der Waals surface area contributed by atoms with Crippen LogP contribution >= 0.6 is 23.2 Å². The number of hydrogen-bond acceptors (Lipinski definition) is 4. The van der Waals surface area contributed by atoms with Crippen molar-refractivity contribution in [1.82, 2.24) is 14.4 Å². The van der Waals surface area contributed by atoms with Crippen LogP contribution in [0.4, 0.5) is 10.5 Å². The number of aromatic nitrogens is 1. The number of para-hydroxylation sites is 1. The lowest BCUT2D eigenvalue weighted by Crippen LogP contribution is -2.48. The van der Waals surface area contributed by atoms with Crippen LogP contribution in [-0.4, -0.2) is 70.3 Å². The van der Waals surface area contributed by atoms with Gasteiger partial charge in [0.1, 0.15) is 5.69 Å². The van der Waals surface area contributed by atoms with Crippen LogP contribution in [0, 0.1) is 5.92 Å². The van der Waals surface area contributed by atoms with Gasteiger partial charge in [0.25, 0.3) is 5.91 Å². The topological polar surface area (TPSA) is 87.0 Å². The van der Waals surface area contributed by atoms with Gasteiger partial charge in [-0.2, -0.15) is 0 Å². The van der Waals surface area contributed by atoms with Crippen LogP contribution in [0.2, 0.25) is 10.0 Å². The fourth-order valence-corrected chi connectivity index (χ4v) is 6.04. The van der Waals surface area contributed by atoms with Crippen LogP contribution in [0.3, 0.4) is 0 Å². The highest BCUT2D eigenvalue weighted by atomic mass is 35.5. The molecular weight excluding hydrogens is 587 g/mol. The van der Waals surface area contributed by atoms with E-state index < -0.39 is 12.1 Å². The van der Waals surface area contributed by atoms with Crippen molar-refractivity contribution >= 4 is 51.7 Å². The number of amides is 3. The monoisotopic (exact) mass is 622 g/mol. The standard InChI is InChI=1S/C33H36Cl2N4O4/c1-20-16-39(21(2)18-40)32(41)31-29(24-12-7-8-15-27(24)38(31)4)23-11-6-5-10-22(23)19-43-28(20)17-37(3)33(42)36-26-14-9-13-25(34)30(26)35/h5-15,20-21,28,40H,16-19H2,1-4H3,(H,36,42)/t20-,21+,28+/m1/s1. The summed E-state index contributed by atoms with van der Waals surface area (Å²) in [5, 5.41) is 14.6. The molecule has 226 valence electrons. The average molecular weight is 624 g/mol. The molecule has 3 atom stereocenters. The van der Waals surface area contributed by atoms with E-state index in [9.17, 15) is 14.7 Å². The zero-order valence-corrected chi connectivity index (χ0v) is 26.2. The van der Waals surface area contributed by atoms with E-state index in [1.807, 2.05) is 74.0 Å². The molecule has 2 N–H and O–H groups in total. The summed E-state index contributed by atoms with van der Waals surface area (Å²) >= 11 is 12.4. The molecule has 5 rings (SSSR count). The molecule has 0 fully saturated rings. The zero-order valence-electron chi connectivity index (χ0n) is 24.7. The molecule has 8 nitrogen and oxygen atoms in total. The fraction of sp³-hybridized carbons (Fsp3) is 0.333. The van der Waals surface area contributed by atoms with E-state index in [0.717, 1.165) is 27.6 Å². The number of hydrogen-bond donors (Lipinski definition) is 2. The maximum absolute atomic E-state index is 14.5. The van der Waals surface area contributed by atoms with Gasteiger partial charge in [-0.1, -0.05) is 78.7 Å². The maximum Gasteiger partial charge on any atom is 0.321 e. The number of urea groups is 1. The number of aliphatic hydroxyl groups is 1. The SMILES string of the molecule is C[C@@H]1CN([C@@H](C)CO)C(=O)c2c(c3ccccc3n2C)-c2ccccc2CO[C@H]1CN(C)C(=O)Nc1cccc(Cl)c1Cl. The second-order valence-electron chi connectivity index (χ2n) is 11.2. The normalized spacial score (nSPS) is 18.0. The van der Waals surface area contributed by atoms with Crippen molar-refractivity contribution in [2.24, 2.45) is 13.0 Å². The molecule has 2 heterocycles. The van der Waals surface area contributed by atoms with Crippen molar-refractivity contribution in [2.45, 2.75) is 32.6 Å². The molecule has 3 aromatic carbocycles. The number of fused-ring (bicyclic) bond motifs is 5. The van der Waals surface area contributed by atoms with Crippen molar-refractivity contribution in [2.75, 3.05) is 32.1 Å². The number of benzene rings is 3. The van der Waals surface area contributed by atoms with E-state index in [1.165, 1.54) is 4.90 Å². The van der Waals surface area contributed by atoms with E-state index in [2.05, 4.69) is 5.32 Å². The van der Waals surface area contributed by atoms with Crippen LogP contribution < -0.4 is 5.32 Å². The predicted octanol–water partition coefficient (Wildman–Crippen LogP) is 6.67. The quantitative estimate of drug-likeness (QED) is 0.260. The highest BCUT2D eigenvalue weighted by Crippen LogP contribution is 2.38. The summed E-state index contributed by atoms with van der Waals surface area (Å²) in [6.45, 7) is 4.50. The molecule has 0 bridgehead atoms. The molecule has 0 saturated heterocycles. The summed E-state index contributed by atoms with van der Waals surface area (Å²) in [7, 11) is 3.59. The summed E-state index contributed by atoms with van der Waals surface area (Å²) in [6.07, 6.45) is -0.433. The Morgan fingerprint density at radius 2 is 1.84 bits per heavy atom. The van der Waals surface area contributed by atoms with Crippen molar-refractivity contribution in [3.63, 3.8) is 0 Å². The Morgan fingerprint density at radius 1 is 1.12 bits per heavy atom. The molecule has 0 saturated carbocycles. The Hall–Kier alpha value is -3.56. The number of anilines is 1. The first-order valence-electron chi connectivity index (χ1n) is 14.3. The smallest absolute Gasteiger partial charge is 0.321 e. The minimum atomic E-state index is -0.441. The van der Waals surface area contributed by atoms with Gasteiger partial charge in [0, 0.05) is 49.6 Å². The highest BCUT2D eigenvalue weighted by molar-refractivity contribution is 6.44. The lowest BCUT2D eigenvalue weighted by molar-refractivity contribution is -0.0179. The molecule has 0 aliphatic carbocycles. The summed E-state index contributed by atoms with van der Waals surface area (Å²) < 4.78 is 8.53. The molecule has 0 spiro atoms. The number of rotatable bonds is 5. The van der Waals surface area contributed by atoms with Gasteiger partial charge in [0.05, 0.1) is 41.1 Å². The molecule has 1 aliphatic heterocycles. The Bertz CT molecular complexity index is 1660. The molecular formula is C33H36Cl2N4O4. The lowest BCUT2D eigenvalue weighted by Gasteiger charge is -2.35. The van der Waals surface area contributed by atoms with E-state index in [-0.39, 0.29) is 42.6 Å². The number of nitrogens with one attached hydrogen (secondary N) is 1. The van der Waals surface area contributed by atoms with Crippen molar-refractivity contribution < 1.29 is 19.4 Å². The number of likely N-dealkylation sites (N-methyl/N-ethyl adjacent to an activating group) is 1. The summed E-state index contributed by atoms with van der Waals surface area (Å²) in [4.78, 5) is 30.9. The summed E-state index contributed by atoms with van der Waals surface area (Å²) in [5.74, 6) is -0.356. The highest BCUT2D eigenvalue weighted by Gasteiger charge is 2.34. The fourth-order valence-electron chi connectivity index (χ4n) is 5.69. The van der Waals surface area contributed by atoms with Gasteiger partial charge in [-0.25, -0.2) is 4.79 Å². The second kappa shape index (κ2) is 13.0. The number of ether oxygens (including phenoxy) is 1. The molecule has 3 amide bonds. The van der Waals surface area contributed by atoms with Crippen LogP contribution in [-0.2, 0) is 18.4 Å². The molecule has 1 aromatic heterocycles. The van der Waals surface area contributed by atoms with Gasteiger partial charge in [-0.05, 0) is 36.2 Å². The van der Waals surface area contributed by atoms with Crippen molar-refractivity contribution in [3.05, 3.63) is 88.0 Å². The minimum Gasteiger partial charge on any atom is -0.394 e. The van der Waals surface area contributed by atoms with E-state index in [4.69, 9.17) is 27.9 Å². The van der Waals surface area contributed by atoms with Gasteiger partial charge in [0.2, 0.25) is 0 Å². The zero-order chi connectivity index (χ0) is 30.8. The Balaban J connectivity index is 1.53. The predicted molar refractivity (Wildman–Crippen MR) is 172 cm³/mol. The van der Waals surface area contributed by atoms with Gasteiger partial charge in [-0.15, -0.1) is 0 Å². The maximum atomic E-state index is 14.5. The third-order valence-electron chi connectivity index (χ3n) is 8.22. The number of aryl methyl sites for hydroxylation is 1. The third-order valence-corrected chi connectivity index (χ3v) is 9.04. The van der Waals surface area contributed by atoms with Gasteiger partial charge >= 0.3 is 6.03 Å². The number of carbonyl (C=O) groups is 2. The molecule has 1 aliphatic rings. The summed E-state index contributed by atoms with van der Waals surface area (Å²) in [5.41, 5.74) is 4.62. The molecule has 0 radical (unpaired) electrons. The Labute approximate surface area is 261 Å². The first-order chi connectivity index (χ1) is 20.6.